The molecule has 0 unspecified atom stereocenters. The second-order valence-electron chi connectivity index (χ2n) is 10.3. The third kappa shape index (κ3) is 7.43. The number of hydrogen-bond acceptors (Lipinski definition) is 5. The molecular weight excluding hydrogens is 586 g/mol. The van der Waals surface area contributed by atoms with Crippen molar-refractivity contribution >= 4 is 39.1 Å². The summed E-state index contributed by atoms with van der Waals surface area (Å²) in [6.07, 6.45) is -0.317. The van der Waals surface area contributed by atoms with Gasteiger partial charge >= 0.3 is 0 Å². The van der Waals surface area contributed by atoms with E-state index in [1.807, 2.05) is 61.5 Å². The summed E-state index contributed by atoms with van der Waals surface area (Å²) in [7, 11) is -4.09. The molecule has 0 bridgehead atoms. The maximum Gasteiger partial charge on any atom is 0.262 e. The first-order chi connectivity index (χ1) is 20.7. The molecule has 0 saturated carbocycles. The summed E-state index contributed by atoms with van der Waals surface area (Å²) >= 11 is 6.01. The molecule has 0 spiro atoms. The van der Waals surface area contributed by atoms with Crippen LogP contribution in [0, 0.1) is 6.92 Å². The van der Waals surface area contributed by atoms with E-state index in [0.29, 0.717) is 29.4 Å². The fourth-order valence-electron chi connectivity index (χ4n) is 4.93. The minimum absolute atomic E-state index is 0.0201. The lowest BCUT2D eigenvalue weighted by atomic mass is 10.1. The van der Waals surface area contributed by atoms with E-state index in [1.165, 1.54) is 29.2 Å². The molecule has 0 radical (unpaired) electrons. The largest absolute Gasteiger partial charge is 0.477 e. The molecule has 1 aliphatic heterocycles. The van der Waals surface area contributed by atoms with E-state index >= 15 is 0 Å². The van der Waals surface area contributed by atoms with Crippen molar-refractivity contribution in [1.29, 1.82) is 0 Å². The summed E-state index contributed by atoms with van der Waals surface area (Å²) in [6.45, 7) is 1.79. The van der Waals surface area contributed by atoms with Gasteiger partial charge < -0.3 is 15.0 Å². The average molecular weight is 618 g/mol. The van der Waals surface area contributed by atoms with Gasteiger partial charge in [0.2, 0.25) is 15.9 Å². The molecule has 1 N–H and O–H groups in total. The normalized spacial score (nSPS) is 14.6. The molecule has 0 aliphatic carbocycles. The molecule has 8 nitrogen and oxygen atoms in total. The zero-order valence-electron chi connectivity index (χ0n) is 23.6. The number of nitrogens with one attached hydrogen (secondary N) is 1. The maximum atomic E-state index is 13.9. The lowest BCUT2D eigenvalue weighted by Crippen LogP contribution is -2.53. The van der Waals surface area contributed by atoms with Crippen LogP contribution in [-0.4, -0.2) is 50.3 Å². The number of ether oxygens (including phenoxy) is 1. The molecule has 2 amide bonds. The van der Waals surface area contributed by atoms with Crippen LogP contribution in [0.3, 0.4) is 0 Å². The number of nitrogens with zero attached hydrogens (tertiary/aromatic N) is 2. The minimum atomic E-state index is -4.09. The zero-order chi connectivity index (χ0) is 30.4. The molecule has 0 aromatic heterocycles. The fourth-order valence-corrected chi connectivity index (χ4v) is 6.43. The minimum Gasteiger partial charge on any atom is -0.477 e. The van der Waals surface area contributed by atoms with Crippen LogP contribution in [-0.2, 0) is 32.6 Å². The van der Waals surface area contributed by atoms with Crippen molar-refractivity contribution in [2.45, 2.75) is 30.9 Å². The van der Waals surface area contributed by atoms with Gasteiger partial charge in [0.15, 0.2) is 6.10 Å². The van der Waals surface area contributed by atoms with Crippen LogP contribution in [0.5, 0.6) is 5.75 Å². The van der Waals surface area contributed by atoms with E-state index in [9.17, 15) is 18.0 Å². The third-order valence-corrected chi connectivity index (χ3v) is 9.19. The van der Waals surface area contributed by atoms with Gasteiger partial charge in [-0.25, -0.2) is 8.42 Å². The van der Waals surface area contributed by atoms with Gasteiger partial charge in [-0.1, -0.05) is 83.9 Å². The molecule has 1 aliphatic rings. The van der Waals surface area contributed by atoms with Gasteiger partial charge in [0.1, 0.15) is 5.75 Å². The Hall–Kier alpha value is -4.18. The van der Waals surface area contributed by atoms with E-state index in [1.54, 1.807) is 24.3 Å². The Balaban J connectivity index is 1.38. The Labute approximate surface area is 256 Å². The number of anilines is 1. The molecule has 5 rings (SSSR count). The zero-order valence-corrected chi connectivity index (χ0v) is 25.2. The SMILES string of the molecule is Cc1cccc(CN(CC(=O)N2C[C@@H](C(=O)NCCc3ccccc3)Oc3ccccc32)S(=O)(=O)c2ccc(Cl)cc2)c1. The number of hydrogen-bond donors (Lipinski definition) is 1. The molecule has 4 aromatic carbocycles. The highest BCUT2D eigenvalue weighted by atomic mass is 35.5. The van der Waals surface area contributed by atoms with Crippen molar-refractivity contribution in [2.75, 3.05) is 24.5 Å². The Morgan fingerprint density at radius 2 is 1.63 bits per heavy atom. The highest BCUT2D eigenvalue weighted by molar-refractivity contribution is 7.89. The second kappa shape index (κ2) is 13.4. The van der Waals surface area contributed by atoms with Gasteiger partial charge in [-0.05, 0) is 60.9 Å². The second-order valence-corrected chi connectivity index (χ2v) is 12.7. The molecule has 10 heteroatoms. The number of halogens is 1. The van der Waals surface area contributed by atoms with Crippen LogP contribution in [0.25, 0.3) is 0 Å². The van der Waals surface area contributed by atoms with E-state index < -0.39 is 28.6 Å². The number of benzene rings is 4. The number of amides is 2. The average Bonchev–Trinajstić information content (AvgIpc) is 3.01. The molecule has 43 heavy (non-hydrogen) atoms. The van der Waals surface area contributed by atoms with Gasteiger partial charge in [-0.15, -0.1) is 0 Å². The van der Waals surface area contributed by atoms with E-state index in [4.69, 9.17) is 16.3 Å². The fraction of sp³-hybridized carbons (Fsp3) is 0.212. The lowest BCUT2D eigenvalue weighted by molar-refractivity contribution is -0.128. The summed E-state index contributed by atoms with van der Waals surface area (Å²) in [5, 5.41) is 3.30. The molecule has 1 atom stereocenters. The summed E-state index contributed by atoms with van der Waals surface area (Å²) < 4.78 is 34.8. The number of rotatable bonds is 10. The van der Waals surface area contributed by atoms with Gasteiger partial charge in [0.25, 0.3) is 5.91 Å². The highest BCUT2D eigenvalue weighted by Gasteiger charge is 2.36. The number of carbonyl (C=O) groups excluding carboxylic acids is 2. The van der Waals surface area contributed by atoms with Gasteiger partial charge in [-0.3, -0.25) is 9.59 Å². The maximum absolute atomic E-state index is 13.9. The van der Waals surface area contributed by atoms with E-state index in [-0.39, 0.29) is 23.9 Å². The van der Waals surface area contributed by atoms with Crippen LogP contribution in [0.2, 0.25) is 5.02 Å². The number of aryl methyl sites for hydroxylation is 1. The summed E-state index contributed by atoms with van der Waals surface area (Å²) in [5.74, 6) is -0.465. The van der Waals surface area contributed by atoms with E-state index in [0.717, 1.165) is 21.0 Å². The summed E-state index contributed by atoms with van der Waals surface area (Å²) in [5.41, 5.74) is 3.27. The van der Waals surface area contributed by atoms with Crippen LogP contribution >= 0.6 is 11.6 Å². The Bertz CT molecular complexity index is 1700. The van der Waals surface area contributed by atoms with Gasteiger partial charge in [0.05, 0.1) is 23.7 Å². The first-order valence-corrected chi connectivity index (χ1v) is 15.7. The van der Waals surface area contributed by atoms with Gasteiger partial charge in [-0.2, -0.15) is 4.31 Å². The monoisotopic (exact) mass is 617 g/mol. The molecular formula is C33H32ClN3O5S. The predicted molar refractivity (Wildman–Crippen MR) is 167 cm³/mol. The number of sulfonamides is 1. The Kier molecular flexibility index (Phi) is 9.45. The number of carbonyl (C=O) groups is 2. The Morgan fingerprint density at radius 3 is 2.37 bits per heavy atom. The molecule has 1 heterocycles. The van der Waals surface area contributed by atoms with Gasteiger partial charge in [0, 0.05) is 18.1 Å². The number of para-hydroxylation sites is 2. The smallest absolute Gasteiger partial charge is 0.262 e. The Morgan fingerprint density at radius 1 is 0.930 bits per heavy atom. The number of fused-ring (bicyclic) bond motifs is 1. The molecule has 4 aromatic rings. The third-order valence-electron chi connectivity index (χ3n) is 7.13. The molecule has 222 valence electrons. The predicted octanol–water partition coefficient (Wildman–Crippen LogP) is 4.99. The first-order valence-electron chi connectivity index (χ1n) is 13.9. The summed E-state index contributed by atoms with van der Waals surface area (Å²) in [6, 6.07) is 30.0. The molecule has 0 fully saturated rings. The van der Waals surface area contributed by atoms with Crippen molar-refractivity contribution in [1.82, 2.24) is 9.62 Å². The van der Waals surface area contributed by atoms with Crippen molar-refractivity contribution in [3.05, 3.63) is 125 Å². The van der Waals surface area contributed by atoms with Crippen LogP contribution in [0.1, 0.15) is 16.7 Å². The van der Waals surface area contributed by atoms with Crippen LogP contribution < -0.4 is 15.0 Å². The highest BCUT2D eigenvalue weighted by Crippen LogP contribution is 2.34. The first kappa shape index (κ1) is 30.3. The quantitative estimate of drug-likeness (QED) is 0.270. The summed E-state index contributed by atoms with van der Waals surface area (Å²) in [4.78, 5) is 28.5. The van der Waals surface area contributed by atoms with E-state index in [2.05, 4.69) is 5.32 Å². The van der Waals surface area contributed by atoms with Crippen molar-refractivity contribution in [2.24, 2.45) is 0 Å². The van der Waals surface area contributed by atoms with Crippen molar-refractivity contribution in [3.8, 4) is 5.75 Å². The van der Waals surface area contributed by atoms with Crippen LogP contribution in [0.4, 0.5) is 5.69 Å². The lowest BCUT2D eigenvalue weighted by Gasteiger charge is -2.35. The molecule has 0 saturated heterocycles. The van der Waals surface area contributed by atoms with Crippen molar-refractivity contribution in [3.63, 3.8) is 0 Å². The standard InChI is InChI=1S/C33H32ClN3O5S/c1-24-8-7-11-26(20-24)21-36(43(40,41)28-16-14-27(34)15-17-28)23-32(38)37-22-31(42-30-13-6-5-12-29(30)37)33(39)35-19-18-25-9-3-2-4-10-25/h2-17,20,31H,18-19,21-23H2,1H3,(H,35,39)/t31-/m0/s1. The van der Waals surface area contributed by atoms with Crippen LogP contribution in [0.15, 0.2) is 108 Å². The van der Waals surface area contributed by atoms with Crippen molar-refractivity contribution < 1.29 is 22.7 Å². The topological polar surface area (TPSA) is 96.0 Å².